The zero-order valence-electron chi connectivity index (χ0n) is 9.71. The minimum absolute atomic E-state index is 0.0662. The van der Waals surface area contributed by atoms with Crippen molar-refractivity contribution in [2.75, 3.05) is 0 Å². The van der Waals surface area contributed by atoms with Gasteiger partial charge in [-0.25, -0.2) is 0 Å². The monoisotopic (exact) mass is 208 g/mol. The largest absolute Gasteiger partial charge is 0.299 e. The van der Waals surface area contributed by atoms with E-state index < -0.39 is 5.41 Å². The number of carbonyl (C=O) groups is 2. The van der Waals surface area contributed by atoms with Gasteiger partial charge in [0.15, 0.2) is 0 Å². The first-order valence-electron chi connectivity index (χ1n) is 6.08. The molecule has 0 bridgehead atoms. The highest BCUT2D eigenvalue weighted by Crippen LogP contribution is 2.46. The van der Waals surface area contributed by atoms with Crippen LogP contribution in [0, 0.1) is 17.3 Å². The molecule has 2 nitrogen and oxygen atoms in total. The average molecular weight is 208 g/mol. The molecule has 3 atom stereocenters. The smallest absolute Gasteiger partial charge is 0.146 e. The summed E-state index contributed by atoms with van der Waals surface area (Å²) in [5, 5.41) is 0. The number of ketones is 2. The van der Waals surface area contributed by atoms with Crippen LogP contribution in [0.1, 0.15) is 52.4 Å². The Hall–Kier alpha value is -0.660. The highest BCUT2D eigenvalue weighted by atomic mass is 16.2. The Labute approximate surface area is 91.4 Å². The molecule has 2 fully saturated rings. The number of Topliss-reactive ketones (excluding diaryl/α,β-unsaturated/α-hetero) is 2. The normalized spacial score (nSPS) is 41.1. The summed E-state index contributed by atoms with van der Waals surface area (Å²) in [6.07, 6.45) is 6.44. The molecule has 0 unspecified atom stereocenters. The summed E-state index contributed by atoms with van der Waals surface area (Å²) in [6, 6.07) is 0. The topological polar surface area (TPSA) is 34.1 Å². The third-order valence-corrected chi connectivity index (χ3v) is 4.58. The molecule has 15 heavy (non-hydrogen) atoms. The van der Waals surface area contributed by atoms with E-state index in [2.05, 4.69) is 0 Å². The lowest BCUT2D eigenvalue weighted by Gasteiger charge is -2.42. The number of hydrogen-bond acceptors (Lipinski definition) is 2. The van der Waals surface area contributed by atoms with Crippen LogP contribution in [0.2, 0.25) is 0 Å². The fourth-order valence-electron chi connectivity index (χ4n) is 3.26. The van der Waals surface area contributed by atoms with Gasteiger partial charge in [0.2, 0.25) is 0 Å². The average Bonchev–Trinajstić information content (AvgIpc) is 2.19. The first-order chi connectivity index (χ1) is 7.04. The van der Waals surface area contributed by atoms with E-state index in [0.717, 1.165) is 6.42 Å². The van der Waals surface area contributed by atoms with Crippen LogP contribution in [0.5, 0.6) is 0 Å². The molecule has 0 N–H and O–H groups in total. The van der Waals surface area contributed by atoms with Gasteiger partial charge in [-0.15, -0.1) is 0 Å². The van der Waals surface area contributed by atoms with Crippen LogP contribution in [0.3, 0.4) is 0 Å². The molecule has 0 heterocycles. The Morgan fingerprint density at radius 2 is 1.87 bits per heavy atom. The molecule has 2 aliphatic rings. The predicted molar refractivity (Wildman–Crippen MR) is 58.5 cm³/mol. The van der Waals surface area contributed by atoms with Crippen molar-refractivity contribution in [3.63, 3.8) is 0 Å². The molecule has 0 aliphatic heterocycles. The van der Waals surface area contributed by atoms with Crippen LogP contribution in [0.25, 0.3) is 0 Å². The maximum absolute atomic E-state index is 12.0. The quantitative estimate of drug-likeness (QED) is 0.621. The zero-order valence-corrected chi connectivity index (χ0v) is 9.71. The van der Waals surface area contributed by atoms with Crippen molar-refractivity contribution in [1.82, 2.24) is 0 Å². The van der Waals surface area contributed by atoms with Gasteiger partial charge in [0.1, 0.15) is 11.6 Å². The fraction of sp³-hybridized carbons (Fsp3) is 0.846. The van der Waals surface area contributed by atoms with E-state index in [9.17, 15) is 9.59 Å². The summed E-state index contributed by atoms with van der Waals surface area (Å²) in [6.45, 7) is 3.42. The Kier molecular flexibility index (Phi) is 2.70. The Balaban J connectivity index is 2.18. The van der Waals surface area contributed by atoms with Gasteiger partial charge in [-0.1, -0.05) is 19.3 Å². The molecular formula is C13H20O2. The van der Waals surface area contributed by atoms with Crippen LogP contribution in [0.4, 0.5) is 0 Å². The third-order valence-electron chi connectivity index (χ3n) is 4.58. The van der Waals surface area contributed by atoms with E-state index in [4.69, 9.17) is 0 Å². The maximum Gasteiger partial charge on any atom is 0.146 e. The van der Waals surface area contributed by atoms with Crippen molar-refractivity contribution < 1.29 is 9.59 Å². The molecule has 0 aromatic heterocycles. The number of fused-ring (bicyclic) bond motifs is 1. The number of carbonyl (C=O) groups excluding carboxylic acids is 2. The number of rotatable bonds is 1. The van der Waals surface area contributed by atoms with Gasteiger partial charge in [0, 0.05) is 6.42 Å². The summed E-state index contributed by atoms with van der Waals surface area (Å²) in [5.41, 5.74) is -0.654. The Morgan fingerprint density at radius 1 is 1.27 bits per heavy atom. The Morgan fingerprint density at radius 3 is 2.47 bits per heavy atom. The van der Waals surface area contributed by atoms with E-state index in [1.54, 1.807) is 6.92 Å². The molecule has 2 heteroatoms. The lowest BCUT2D eigenvalue weighted by atomic mass is 9.60. The van der Waals surface area contributed by atoms with Gasteiger partial charge in [-0.3, -0.25) is 9.59 Å². The molecule has 0 aromatic carbocycles. The second kappa shape index (κ2) is 3.73. The van der Waals surface area contributed by atoms with Crippen LogP contribution in [-0.4, -0.2) is 11.6 Å². The lowest BCUT2D eigenvalue weighted by molar-refractivity contribution is -0.144. The van der Waals surface area contributed by atoms with Crippen molar-refractivity contribution in [3.8, 4) is 0 Å². The van der Waals surface area contributed by atoms with E-state index in [0.29, 0.717) is 18.3 Å². The summed E-state index contributed by atoms with van der Waals surface area (Å²) in [7, 11) is 0. The molecule has 2 saturated carbocycles. The second-order valence-electron chi connectivity index (χ2n) is 5.52. The van der Waals surface area contributed by atoms with E-state index in [1.165, 1.54) is 25.7 Å². The summed E-state index contributed by atoms with van der Waals surface area (Å²) in [4.78, 5) is 23.6. The van der Waals surface area contributed by atoms with Gasteiger partial charge in [0.05, 0.1) is 5.41 Å². The Bertz CT molecular complexity index is 295. The van der Waals surface area contributed by atoms with Gasteiger partial charge in [0.25, 0.3) is 0 Å². The molecule has 0 radical (unpaired) electrons. The van der Waals surface area contributed by atoms with Crippen LogP contribution in [0.15, 0.2) is 0 Å². The summed E-state index contributed by atoms with van der Waals surface area (Å²) >= 11 is 0. The third kappa shape index (κ3) is 1.75. The summed E-state index contributed by atoms with van der Waals surface area (Å²) < 4.78 is 0. The maximum atomic E-state index is 12.0. The van der Waals surface area contributed by atoms with Crippen molar-refractivity contribution in [2.24, 2.45) is 17.3 Å². The molecular weight excluding hydrogens is 188 g/mol. The molecule has 0 amide bonds. The van der Waals surface area contributed by atoms with Crippen molar-refractivity contribution in [3.05, 3.63) is 0 Å². The zero-order chi connectivity index (χ0) is 11.1. The fourth-order valence-corrected chi connectivity index (χ4v) is 3.26. The van der Waals surface area contributed by atoms with E-state index >= 15 is 0 Å². The van der Waals surface area contributed by atoms with Crippen LogP contribution >= 0.6 is 0 Å². The van der Waals surface area contributed by atoms with Gasteiger partial charge in [-0.05, 0) is 38.5 Å². The molecule has 0 spiro atoms. The lowest BCUT2D eigenvalue weighted by Crippen LogP contribution is -2.45. The van der Waals surface area contributed by atoms with Crippen molar-refractivity contribution in [1.29, 1.82) is 0 Å². The van der Waals surface area contributed by atoms with Crippen LogP contribution in [-0.2, 0) is 9.59 Å². The minimum Gasteiger partial charge on any atom is -0.299 e. The van der Waals surface area contributed by atoms with Gasteiger partial charge < -0.3 is 0 Å². The molecule has 84 valence electrons. The van der Waals surface area contributed by atoms with E-state index in [1.807, 2.05) is 6.92 Å². The summed E-state index contributed by atoms with van der Waals surface area (Å²) in [5.74, 6) is 1.47. The van der Waals surface area contributed by atoms with Crippen molar-refractivity contribution >= 4 is 11.6 Å². The highest BCUT2D eigenvalue weighted by molar-refractivity contribution is 6.06. The predicted octanol–water partition coefficient (Wildman–Crippen LogP) is 2.75. The van der Waals surface area contributed by atoms with Gasteiger partial charge in [-0.2, -0.15) is 0 Å². The molecule has 0 saturated heterocycles. The number of hydrogen-bond donors (Lipinski definition) is 0. The minimum atomic E-state index is -0.654. The molecule has 2 aliphatic carbocycles. The van der Waals surface area contributed by atoms with Crippen molar-refractivity contribution in [2.45, 2.75) is 52.4 Å². The van der Waals surface area contributed by atoms with E-state index in [-0.39, 0.29) is 11.6 Å². The second-order valence-corrected chi connectivity index (χ2v) is 5.52. The highest BCUT2D eigenvalue weighted by Gasteiger charge is 2.47. The molecule has 2 rings (SSSR count). The standard InChI is InChI=1S/C13H20O2/c1-9(14)13(2)8-11-6-4-3-5-10(11)7-12(13)15/h10-11H,3-8H2,1-2H3/t10-,11-,13-/m1/s1. The first-order valence-corrected chi connectivity index (χ1v) is 6.08. The SMILES string of the molecule is CC(=O)[C@@]1(C)C[C@H]2CCCC[C@@H]2CC1=O. The first kappa shape index (κ1) is 10.8. The molecule has 0 aromatic rings. The van der Waals surface area contributed by atoms with Crippen LogP contribution < -0.4 is 0 Å². The van der Waals surface area contributed by atoms with Gasteiger partial charge >= 0.3 is 0 Å².